The van der Waals surface area contributed by atoms with E-state index in [-0.39, 0.29) is 0 Å². The number of nitrogens with one attached hydrogen (secondary N) is 1. The van der Waals surface area contributed by atoms with Crippen LogP contribution in [-0.2, 0) is 13.1 Å². The van der Waals surface area contributed by atoms with Crippen molar-refractivity contribution < 1.29 is 0 Å². The zero-order valence-corrected chi connectivity index (χ0v) is 12.9. The zero-order chi connectivity index (χ0) is 13.0. The summed E-state index contributed by atoms with van der Waals surface area (Å²) in [6, 6.07) is 6.24. The van der Waals surface area contributed by atoms with Crippen molar-refractivity contribution in [2.75, 3.05) is 19.0 Å². The first kappa shape index (κ1) is 13.5. The van der Waals surface area contributed by atoms with Crippen LogP contribution in [0.2, 0.25) is 0 Å². The molecule has 0 atom stereocenters. The summed E-state index contributed by atoms with van der Waals surface area (Å²) in [6.07, 6.45) is 1.84. The number of aromatic nitrogens is 1. The van der Waals surface area contributed by atoms with Crippen molar-refractivity contribution in [1.29, 1.82) is 0 Å². The van der Waals surface area contributed by atoms with Crippen molar-refractivity contribution >= 4 is 33.1 Å². The zero-order valence-electron chi connectivity index (χ0n) is 10.5. The Hall–Kier alpha value is -0.910. The van der Waals surface area contributed by atoms with Crippen molar-refractivity contribution in [1.82, 2.24) is 10.3 Å². The molecule has 0 bridgehead atoms. The van der Waals surface area contributed by atoms with Crippen LogP contribution in [0, 0.1) is 0 Å². The van der Waals surface area contributed by atoms with Crippen molar-refractivity contribution in [3.8, 4) is 0 Å². The summed E-state index contributed by atoms with van der Waals surface area (Å²) in [5.41, 5.74) is 1.22. The number of pyridine rings is 1. The van der Waals surface area contributed by atoms with Crippen LogP contribution in [0.25, 0.3) is 0 Å². The Bertz CT molecular complexity index is 512. The van der Waals surface area contributed by atoms with E-state index in [2.05, 4.69) is 55.7 Å². The molecule has 0 amide bonds. The van der Waals surface area contributed by atoms with Crippen LogP contribution in [0.1, 0.15) is 10.4 Å². The van der Waals surface area contributed by atoms with Gasteiger partial charge in [-0.25, -0.2) is 4.98 Å². The minimum Gasteiger partial charge on any atom is -0.354 e. The number of hydrogen-bond acceptors (Lipinski definition) is 4. The molecule has 2 aromatic heterocycles. The summed E-state index contributed by atoms with van der Waals surface area (Å²) in [7, 11) is 4.03. The predicted molar refractivity (Wildman–Crippen MR) is 81.1 cm³/mol. The molecule has 0 aliphatic rings. The lowest BCUT2D eigenvalue weighted by Crippen LogP contribution is -2.20. The molecule has 0 unspecified atom stereocenters. The van der Waals surface area contributed by atoms with E-state index >= 15 is 0 Å². The van der Waals surface area contributed by atoms with Gasteiger partial charge in [-0.1, -0.05) is 6.07 Å². The maximum atomic E-state index is 4.48. The molecule has 0 aliphatic carbocycles. The molecule has 3 nitrogen and oxygen atoms in total. The highest BCUT2D eigenvalue weighted by Crippen LogP contribution is 2.23. The predicted octanol–water partition coefficient (Wildman–Crippen LogP) is 3.26. The second kappa shape index (κ2) is 6.31. The second-order valence-corrected chi connectivity index (χ2v) is 6.02. The van der Waals surface area contributed by atoms with Gasteiger partial charge in [0.1, 0.15) is 5.82 Å². The van der Waals surface area contributed by atoms with Crippen LogP contribution in [0.15, 0.2) is 34.2 Å². The monoisotopic (exact) mass is 325 g/mol. The number of halogens is 1. The van der Waals surface area contributed by atoms with E-state index in [1.165, 1.54) is 10.4 Å². The average molecular weight is 326 g/mol. The molecule has 0 aromatic carbocycles. The van der Waals surface area contributed by atoms with E-state index in [9.17, 15) is 0 Å². The van der Waals surface area contributed by atoms with Gasteiger partial charge in [0.2, 0.25) is 0 Å². The molecule has 0 radical (unpaired) electrons. The van der Waals surface area contributed by atoms with E-state index < -0.39 is 0 Å². The van der Waals surface area contributed by atoms with Crippen LogP contribution in [-0.4, -0.2) is 19.1 Å². The lowest BCUT2D eigenvalue weighted by molar-refractivity contribution is 0.797. The number of nitrogens with zero attached hydrogens (tertiary/aromatic N) is 2. The molecule has 0 aliphatic heterocycles. The Morgan fingerprint density at radius 2 is 2.33 bits per heavy atom. The summed E-state index contributed by atoms with van der Waals surface area (Å²) >= 11 is 5.24. The molecule has 0 spiro atoms. The third-order valence-corrected chi connectivity index (χ3v) is 4.29. The van der Waals surface area contributed by atoms with E-state index in [0.29, 0.717) is 0 Å². The van der Waals surface area contributed by atoms with Gasteiger partial charge >= 0.3 is 0 Å². The minimum atomic E-state index is 0.835. The molecular formula is C13H16BrN3S. The fourth-order valence-corrected chi connectivity index (χ4v) is 3.35. The van der Waals surface area contributed by atoms with Crippen LogP contribution in [0.5, 0.6) is 0 Å². The maximum absolute atomic E-state index is 4.48. The van der Waals surface area contributed by atoms with Gasteiger partial charge < -0.3 is 10.2 Å². The molecule has 96 valence electrons. The first-order chi connectivity index (χ1) is 8.70. The van der Waals surface area contributed by atoms with Gasteiger partial charge in [-0.3, -0.25) is 0 Å². The summed E-state index contributed by atoms with van der Waals surface area (Å²) in [6.45, 7) is 1.71. The highest BCUT2D eigenvalue weighted by Gasteiger charge is 2.09. The fraction of sp³-hybridized carbons (Fsp3) is 0.308. The quantitative estimate of drug-likeness (QED) is 0.914. The van der Waals surface area contributed by atoms with Gasteiger partial charge in [-0.05, 0) is 35.1 Å². The molecule has 2 heterocycles. The Balaban J connectivity index is 2.15. The van der Waals surface area contributed by atoms with Crippen molar-refractivity contribution in [2.45, 2.75) is 13.1 Å². The molecule has 18 heavy (non-hydrogen) atoms. The first-order valence-corrected chi connectivity index (χ1v) is 7.40. The van der Waals surface area contributed by atoms with Gasteiger partial charge in [0.05, 0.1) is 6.54 Å². The van der Waals surface area contributed by atoms with Gasteiger partial charge in [0.25, 0.3) is 0 Å². The first-order valence-electron chi connectivity index (χ1n) is 5.73. The van der Waals surface area contributed by atoms with Crippen LogP contribution < -0.4 is 10.2 Å². The summed E-state index contributed by atoms with van der Waals surface area (Å²) in [5, 5.41) is 5.28. The van der Waals surface area contributed by atoms with E-state index in [1.54, 1.807) is 11.3 Å². The van der Waals surface area contributed by atoms with Crippen LogP contribution in [0.4, 0.5) is 5.82 Å². The normalized spacial score (nSPS) is 10.6. The van der Waals surface area contributed by atoms with E-state index in [1.807, 2.05) is 19.3 Å². The third-order valence-electron chi connectivity index (χ3n) is 2.61. The lowest BCUT2D eigenvalue weighted by atomic mass is 10.2. The summed E-state index contributed by atoms with van der Waals surface area (Å²) < 4.78 is 1.15. The molecule has 0 saturated heterocycles. The van der Waals surface area contributed by atoms with Crippen LogP contribution >= 0.6 is 27.3 Å². The Morgan fingerprint density at radius 3 is 3.00 bits per heavy atom. The smallest absolute Gasteiger partial charge is 0.133 e. The number of anilines is 1. The van der Waals surface area contributed by atoms with Gasteiger partial charge in [0, 0.05) is 40.1 Å². The highest BCUT2D eigenvalue weighted by atomic mass is 79.9. The number of rotatable bonds is 5. The Morgan fingerprint density at radius 1 is 1.50 bits per heavy atom. The Kier molecular flexibility index (Phi) is 4.74. The fourth-order valence-electron chi connectivity index (χ4n) is 1.85. The van der Waals surface area contributed by atoms with Gasteiger partial charge in [-0.15, -0.1) is 11.3 Å². The lowest BCUT2D eigenvalue weighted by Gasteiger charge is -2.20. The van der Waals surface area contributed by atoms with Crippen LogP contribution in [0.3, 0.4) is 0 Å². The van der Waals surface area contributed by atoms with E-state index in [4.69, 9.17) is 0 Å². The molecular weight excluding hydrogens is 310 g/mol. The number of thiophene rings is 1. The SMILES string of the molecule is CNCc1cccnc1N(C)Cc1cc(Br)cs1. The van der Waals surface area contributed by atoms with Gasteiger partial charge in [0.15, 0.2) is 0 Å². The van der Waals surface area contributed by atoms with Crippen molar-refractivity contribution in [3.05, 3.63) is 44.7 Å². The molecule has 0 saturated carbocycles. The molecule has 2 rings (SSSR count). The Labute approximate surface area is 120 Å². The standard InChI is InChI=1S/C13H16BrN3S/c1-15-7-10-4-3-5-16-13(10)17(2)8-12-6-11(14)9-18-12/h3-6,9,15H,7-8H2,1-2H3. The maximum Gasteiger partial charge on any atom is 0.133 e. The molecule has 5 heteroatoms. The third kappa shape index (κ3) is 3.31. The summed E-state index contributed by atoms with van der Waals surface area (Å²) in [4.78, 5) is 7.99. The van der Waals surface area contributed by atoms with Gasteiger partial charge in [-0.2, -0.15) is 0 Å². The molecule has 2 aromatic rings. The highest BCUT2D eigenvalue weighted by molar-refractivity contribution is 9.10. The minimum absolute atomic E-state index is 0.835. The van der Waals surface area contributed by atoms with Crippen molar-refractivity contribution in [3.63, 3.8) is 0 Å². The number of hydrogen-bond donors (Lipinski definition) is 1. The average Bonchev–Trinajstić information content (AvgIpc) is 2.76. The van der Waals surface area contributed by atoms with Crippen molar-refractivity contribution in [2.24, 2.45) is 0 Å². The molecule has 1 N–H and O–H groups in total. The van der Waals surface area contributed by atoms with E-state index in [0.717, 1.165) is 23.4 Å². The summed E-state index contributed by atoms with van der Waals surface area (Å²) in [5.74, 6) is 1.04. The topological polar surface area (TPSA) is 28.2 Å². The molecule has 0 fully saturated rings. The second-order valence-electron chi connectivity index (χ2n) is 4.10. The largest absolute Gasteiger partial charge is 0.354 e.